The second kappa shape index (κ2) is 7.65. The summed E-state index contributed by atoms with van der Waals surface area (Å²) in [7, 11) is 3.89. The van der Waals surface area contributed by atoms with E-state index in [9.17, 15) is 0 Å². The first-order valence-electron chi connectivity index (χ1n) is 6.91. The Morgan fingerprint density at radius 1 is 1.35 bits per heavy atom. The van der Waals surface area contributed by atoms with Crippen LogP contribution in [0.3, 0.4) is 0 Å². The molecule has 2 nitrogen and oxygen atoms in total. The van der Waals surface area contributed by atoms with Gasteiger partial charge in [-0.05, 0) is 46.6 Å². The van der Waals surface area contributed by atoms with Gasteiger partial charge in [0.2, 0.25) is 0 Å². The highest BCUT2D eigenvalue weighted by molar-refractivity contribution is 7.99. The van der Waals surface area contributed by atoms with Gasteiger partial charge in [0.15, 0.2) is 0 Å². The molecule has 1 rings (SSSR count). The van der Waals surface area contributed by atoms with E-state index in [0.717, 1.165) is 11.7 Å². The Labute approximate surface area is 111 Å². The molecule has 0 aromatic heterocycles. The molecule has 1 aliphatic carbocycles. The maximum Gasteiger partial charge on any atom is 0.0623 e. The second-order valence-corrected chi connectivity index (χ2v) is 7.06. The fraction of sp³-hybridized carbons (Fsp3) is 1.00. The van der Waals surface area contributed by atoms with Crippen LogP contribution < -0.4 is 5.32 Å². The minimum atomic E-state index is 0.0210. The van der Waals surface area contributed by atoms with Crippen molar-refractivity contribution in [1.82, 2.24) is 5.32 Å². The Balaban J connectivity index is 2.18. The van der Waals surface area contributed by atoms with E-state index in [0.29, 0.717) is 6.04 Å². The highest BCUT2D eigenvalue weighted by atomic mass is 32.2. The fourth-order valence-corrected chi connectivity index (χ4v) is 3.75. The lowest BCUT2D eigenvalue weighted by atomic mass is 9.99. The van der Waals surface area contributed by atoms with Gasteiger partial charge in [-0.2, -0.15) is 11.8 Å². The molecule has 1 unspecified atom stereocenters. The summed E-state index contributed by atoms with van der Waals surface area (Å²) in [6.45, 7) is 4.34. The predicted molar refractivity (Wildman–Crippen MR) is 77.9 cm³/mol. The molecule has 3 heteroatoms. The molecule has 0 radical (unpaired) electrons. The number of hydrogen-bond acceptors (Lipinski definition) is 3. The van der Waals surface area contributed by atoms with Gasteiger partial charge in [0.25, 0.3) is 0 Å². The van der Waals surface area contributed by atoms with Crippen molar-refractivity contribution in [2.75, 3.05) is 19.9 Å². The van der Waals surface area contributed by atoms with E-state index in [1.165, 1.54) is 37.9 Å². The molecule has 1 atom stereocenters. The Kier molecular flexibility index (Phi) is 6.90. The van der Waals surface area contributed by atoms with Crippen molar-refractivity contribution in [2.45, 2.75) is 69.3 Å². The van der Waals surface area contributed by atoms with Crippen molar-refractivity contribution in [3.63, 3.8) is 0 Å². The van der Waals surface area contributed by atoms with E-state index in [1.807, 2.05) is 7.11 Å². The van der Waals surface area contributed by atoms with E-state index >= 15 is 0 Å². The number of methoxy groups -OCH3 is 1. The van der Waals surface area contributed by atoms with Crippen LogP contribution in [0.4, 0.5) is 0 Å². The van der Waals surface area contributed by atoms with E-state index in [-0.39, 0.29) is 5.60 Å². The number of hydrogen-bond donors (Lipinski definition) is 1. The van der Waals surface area contributed by atoms with Crippen LogP contribution in [0.1, 0.15) is 52.4 Å². The van der Waals surface area contributed by atoms with Crippen LogP contribution in [0.2, 0.25) is 0 Å². The maximum absolute atomic E-state index is 5.48. The lowest BCUT2D eigenvalue weighted by molar-refractivity contribution is 0.0123. The molecule has 1 N–H and O–H groups in total. The molecule has 17 heavy (non-hydrogen) atoms. The molecule has 0 amide bonds. The Morgan fingerprint density at radius 3 is 2.53 bits per heavy atom. The zero-order chi connectivity index (χ0) is 12.7. The number of ether oxygens (including phenoxy) is 1. The fourth-order valence-electron chi connectivity index (χ4n) is 2.24. The van der Waals surface area contributed by atoms with Crippen molar-refractivity contribution in [3.8, 4) is 0 Å². The van der Waals surface area contributed by atoms with Crippen LogP contribution in [-0.2, 0) is 4.74 Å². The number of nitrogens with one attached hydrogen (secondary N) is 1. The average Bonchev–Trinajstić information content (AvgIpc) is 2.82. The van der Waals surface area contributed by atoms with Crippen LogP contribution >= 0.6 is 11.8 Å². The molecule has 0 heterocycles. The zero-order valence-electron chi connectivity index (χ0n) is 11.9. The molecule has 1 saturated carbocycles. The third kappa shape index (κ3) is 6.12. The number of thioether (sulfide) groups is 1. The Morgan fingerprint density at radius 2 is 2.00 bits per heavy atom. The van der Waals surface area contributed by atoms with Crippen LogP contribution in [0.25, 0.3) is 0 Å². The van der Waals surface area contributed by atoms with Crippen molar-refractivity contribution in [1.29, 1.82) is 0 Å². The van der Waals surface area contributed by atoms with Crippen molar-refractivity contribution in [3.05, 3.63) is 0 Å². The first kappa shape index (κ1) is 15.3. The number of rotatable bonds is 8. The SMILES string of the molecule is CNC(CCC(C)(C)OC)CSC1CCCC1. The minimum Gasteiger partial charge on any atom is -0.379 e. The van der Waals surface area contributed by atoms with Gasteiger partial charge in [-0.25, -0.2) is 0 Å². The van der Waals surface area contributed by atoms with E-state index < -0.39 is 0 Å². The van der Waals surface area contributed by atoms with Gasteiger partial charge in [0.1, 0.15) is 0 Å². The van der Waals surface area contributed by atoms with Gasteiger partial charge in [-0.3, -0.25) is 0 Å². The van der Waals surface area contributed by atoms with Crippen LogP contribution in [0, 0.1) is 0 Å². The van der Waals surface area contributed by atoms with Gasteiger partial charge in [0.05, 0.1) is 5.60 Å². The Bertz CT molecular complexity index is 202. The highest BCUT2D eigenvalue weighted by Gasteiger charge is 2.20. The summed E-state index contributed by atoms with van der Waals surface area (Å²) in [6, 6.07) is 0.634. The van der Waals surface area contributed by atoms with Gasteiger partial charge in [-0.15, -0.1) is 0 Å². The molecule has 0 aromatic carbocycles. The minimum absolute atomic E-state index is 0.0210. The van der Waals surface area contributed by atoms with E-state index in [1.54, 1.807) is 0 Å². The molecular weight excluding hydrogens is 230 g/mol. The van der Waals surface area contributed by atoms with Crippen LogP contribution in [0.5, 0.6) is 0 Å². The predicted octanol–water partition coefficient (Wildman–Crippen LogP) is 3.46. The topological polar surface area (TPSA) is 21.3 Å². The maximum atomic E-state index is 5.48. The lowest BCUT2D eigenvalue weighted by Gasteiger charge is -2.26. The summed E-state index contributed by atoms with van der Waals surface area (Å²) >= 11 is 2.17. The normalized spacial score (nSPS) is 19.8. The van der Waals surface area contributed by atoms with Crippen molar-refractivity contribution < 1.29 is 4.74 Å². The molecule has 1 fully saturated rings. The standard InChI is InChI=1S/C14H29NOS/c1-14(2,16-4)10-9-12(15-3)11-17-13-7-5-6-8-13/h12-13,15H,5-11H2,1-4H3. The zero-order valence-corrected chi connectivity index (χ0v) is 12.7. The molecule has 0 aliphatic heterocycles. The molecular formula is C14H29NOS. The molecule has 0 aromatic rings. The van der Waals surface area contributed by atoms with Crippen LogP contribution in [0.15, 0.2) is 0 Å². The summed E-state index contributed by atoms with van der Waals surface area (Å²) in [5.41, 5.74) is 0.0210. The average molecular weight is 259 g/mol. The summed E-state index contributed by atoms with van der Waals surface area (Å²) in [5, 5.41) is 4.38. The smallest absolute Gasteiger partial charge is 0.0623 e. The molecule has 102 valence electrons. The Hall–Kier alpha value is 0.270. The van der Waals surface area contributed by atoms with Crippen LogP contribution in [-0.4, -0.2) is 36.8 Å². The first-order valence-corrected chi connectivity index (χ1v) is 7.96. The molecule has 0 saturated heterocycles. The van der Waals surface area contributed by atoms with Gasteiger partial charge in [0, 0.05) is 24.2 Å². The summed E-state index contributed by atoms with van der Waals surface area (Å²) in [5.74, 6) is 1.25. The third-order valence-corrected chi connectivity index (χ3v) is 5.43. The van der Waals surface area contributed by atoms with Gasteiger partial charge >= 0.3 is 0 Å². The first-order chi connectivity index (χ1) is 8.07. The molecule has 0 bridgehead atoms. The van der Waals surface area contributed by atoms with Gasteiger partial charge in [-0.1, -0.05) is 12.8 Å². The monoisotopic (exact) mass is 259 g/mol. The molecule has 0 spiro atoms. The molecule has 1 aliphatic rings. The third-order valence-electron chi connectivity index (χ3n) is 3.89. The lowest BCUT2D eigenvalue weighted by Crippen LogP contribution is -2.32. The van der Waals surface area contributed by atoms with E-state index in [4.69, 9.17) is 4.74 Å². The summed E-state index contributed by atoms with van der Waals surface area (Å²) in [6.07, 6.45) is 8.09. The second-order valence-electron chi connectivity index (χ2n) is 5.73. The van der Waals surface area contributed by atoms with Gasteiger partial charge < -0.3 is 10.1 Å². The van der Waals surface area contributed by atoms with Crippen molar-refractivity contribution in [2.24, 2.45) is 0 Å². The quantitative estimate of drug-likeness (QED) is 0.721. The van der Waals surface area contributed by atoms with E-state index in [2.05, 4.69) is 38.0 Å². The summed E-state index contributed by atoms with van der Waals surface area (Å²) < 4.78 is 5.48. The largest absolute Gasteiger partial charge is 0.379 e. The summed E-state index contributed by atoms with van der Waals surface area (Å²) in [4.78, 5) is 0. The highest BCUT2D eigenvalue weighted by Crippen LogP contribution is 2.30. The van der Waals surface area contributed by atoms with Crippen molar-refractivity contribution >= 4 is 11.8 Å².